The van der Waals surface area contributed by atoms with Crippen molar-refractivity contribution in [2.24, 2.45) is 11.3 Å². The fourth-order valence-electron chi connectivity index (χ4n) is 3.98. The van der Waals surface area contributed by atoms with Gasteiger partial charge in [-0.3, -0.25) is 9.59 Å². The van der Waals surface area contributed by atoms with Crippen molar-refractivity contribution in [1.82, 2.24) is 5.32 Å². The van der Waals surface area contributed by atoms with E-state index in [1.165, 1.54) is 4.88 Å². The molecular formula is C24H32N2O2S. The van der Waals surface area contributed by atoms with Gasteiger partial charge in [0.2, 0.25) is 0 Å². The molecule has 0 saturated heterocycles. The molecule has 156 valence electrons. The largest absolute Gasteiger partial charge is 0.352 e. The van der Waals surface area contributed by atoms with Crippen LogP contribution < -0.4 is 10.6 Å². The zero-order chi connectivity index (χ0) is 21.2. The maximum absolute atomic E-state index is 13.0. The van der Waals surface area contributed by atoms with Crippen LogP contribution in [-0.4, -0.2) is 18.4 Å². The maximum atomic E-state index is 13.0. The Balaban J connectivity index is 1.95. The molecule has 0 spiro atoms. The molecule has 1 aromatic carbocycles. The number of rotatable bonds is 5. The summed E-state index contributed by atoms with van der Waals surface area (Å²) in [5, 5.41) is 6.75. The van der Waals surface area contributed by atoms with Crippen LogP contribution in [0.5, 0.6) is 0 Å². The first kappa shape index (κ1) is 21.6. The SMILES string of the molecule is CCCNC(=O)c1c(NC(=O)c2ccccc2C)sc2c1CCC(C(C)(C)C)C2. The van der Waals surface area contributed by atoms with Crippen LogP contribution in [0.25, 0.3) is 0 Å². The quantitative estimate of drug-likeness (QED) is 0.671. The van der Waals surface area contributed by atoms with Crippen LogP contribution >= 0.6 is 11.3 Å². The van der Waals surface area contributed by atoms with Gasteiger partial charge in [0.05, 0.1) is 5.56 Å². The van der Waals surface area contributed by atoms with E-state index < -0.39 is 0 Å². The molecule has 1 aliphatic carbocycles. The van der Waals surface area contributed by atoms with Crippen LogP contribution in [0.15, 0.2) is 24.3 Å². The summed E-state index contributed by atoms with van der Waals surface area (Å²) in [6.07, 6.45) is 3.82. The zero-order valence-electron chi connectivity index (χ0n) is 18.1. The minimum absolute atomic E-state index is 0.0707. The van der Waals surface area contributed by atoms with Gasteiger partial charge < -0.3 is 10.6 Å². The van der Waals surface area contributed by atoms with E-state index in [0.29, 0.717) is 28.6 Å². The van der Waals surface area contributed by atoms with E-state index in [0.717, 1.165) is 36.8 Å². The number of anilines is 1. The van der Waals surface area contributed by atoms with E-state index in [9.17, 15) is 9.59 Å². The van der Waals surface area contributed by atoms with Crippen LogP contribution in [0.3, 0.4) is 0 Å². The molecule has 1 unspecified atom stereocenters. The number of carbonyl (C=O) groups is 2. The molecule has 1 aromatic heterocycles. The summed E-state index contributed by atoms with van der Waals surface area (Å²) < 4.78 is 0. The Bertz CT molecular complexity index is 908. The van der Waals surface area contributed by atoms with Crippen LogP contribution in [0, 0.1) is 18.3 Å². The average molecular weight is 413 g/mol. The Labute approximate surface area is 178 Å². The van der Waals surface area contributed by atoms with Crippen molar-refractivity contribution in [2.75, 3.05) is 11.9 Å². The smallest absolute Gasteiger partial charge is 0.256 e. The van der Waals surface area contributed by atoms with Crippen molar-refractivity contribution in [2.45, 2.75) is 60.3 Å². The van der Waals surface area contributed by atoms with Crippen molar-refractivity contribution in [1.29, 1.82) is 0 Å². The third-order valence-electron chi connectivity index (χ3n) is 5.87. The van der Waals surface area contributed by atoms with Crippen LogP contribution in [0.2, 0.25) is 0 Å². The number of hydrogen-bond donors (Lipinski definition) is 2. The number of nitrogens with one attached hydrogen (secondary N) is 2. The average Bonchev–Trinajstić information content (AvgIpc) is 3.02. The number of fused-ring (bicyclic) bond motifs is 1. The minimum Gasteiger partial charge on any atom is -0.352 e. The standard InChI is InChI=1S/C24H32N2O2S/c1-6-13-25-22(28)20-18-12-11-16(24(3,4)5)14-19(18)29-23(20)26-21(27)17-10-8-7-9-15(17)2/h7-10,16H,6,11-14H2,1-5H3,(H,25,28)(H,26,27). The highest BCUT2D eigenvalue weighted by Gasteiger charge is 2.34. The van der Waals surface area contributed by atoms with Crippen molar-refractivity contribution in [3.63, 3.8) is 0 Å². The second kappa shape index (κ2) is 8.70. The summed E-state index contributed by atoms with van der Waals surface area (Å²) in [6.45, 7) is 11.5. The molecule has 29 heavy (non-hydrogen) atoms. The van der Waals surface area contributed by atoms with E-state index in [4.69, 9.17) is 0 Å². The molecule has 0 bridgehead atoms. The highest BCUT2D eigenvalue weighted by Crippen LogP contribution is 2.44. The fourth-order valence-corrected chi connectivity index (χ4v) is 5.30. The zero-order valence-corrected chi connectivity index (χ0v) is 19.0. The summed E-state index contributed by atoms with van der Waals surface area (Å²) in [6, 6.07) is 7.54. The number of amides is 2. The number of thiophene rings is 1. The second-order valence-electron chi connectivity index (χ2n) is 9.04. The van der Waals surface area contributed by atoms with Crippen LogP contribution in [0.4, 0.5) is 5.00 Å². The lowest BCUT2D eigenvalue weighted by atomic mass is 9.72. The van der Waals surface area contributed by atoms with Gasteiger partial charge in [-0.15, -0.1) is 11.3 Å². The minimum atomic E-state index is -0.154. The molecule has 2 aromatic rings. The fraction of sp³-hybridized carbons (Fsp3) is 0.500. The van der Waals surface area contributed by atoms with E-state index in [-0.39, 0.29) is 17.2 Å². The first-order valence-electron chi connectivity index (χ1n) is 10.5. The first-order chi connectivity index (χ1) is 13.7. The lowest BCUT2D eigenvalue weighted by Gasteiger charge is -2.33. The number of carbonyl (C=O) groups excluding carboxylic acids is 2. The molecular weight excluding hydrogens is 380 g/mol. The van der Waals surface area contributed by atoms with Crippen molar-refractivity contribution < 1.29 is 9.59 Å². The molecule has 3 rings (SSSR count). The molecule has 0 saturated carbocycles. The van der Waals surface area contributed by atoms with Gasteiger partial charge in [0, 0.05) is 17.0 Å². The van der Waals surface area contributed by atoms with Gasteiger partial charge >= 0.3 is 0 Å². The van der Waals surface area contributed by atoms with Gasteiger partial charge in [0.1, 0.15) is 5.00 Å². The number of hydrogen-bond acceptors (Lipinski definition) is 3. The van der Waals surface area contributed by atoms with Gasteiger partial charge in [-0.1, -0.05) is 45.9 Å². The Morgan fingerprint density at radius 2 is 1.90 bits per heavy atom. The molecule has 0 fully saturated rings. The first-order valence-corrected chi connectivity index (χ1v) is 11.3. The van der Waals surface area contributed by atoms with Gasteiger partial charge in [-0.2, -0.15) is 0 Å². The molecule has 2 N–H and O–H groups in total. The van der Waals surface area contributed by atoms with Crippen molar-refractivity contribution >= 4 is 28.2 Å². The van der Waals surface area contributed by atoms with Crippen LogP contribution in [0.1, 0.15) is 77.3 Å². The third kappa shape index (κ3) is 4.72. The van der Waals surface area contributed by atoms with Gasteiger partial charge in [-0.25, -0.2) is 0 Å². The van der Waals surface area contributed by atoms with E-state index >= 15 is 0 Å². The van der Waals surface area contributed by atoms with E-state index in [2.05, 4.69) is 31.4 Å². The summed E-state index contributed by atoms with van der Waals surface area (Å²) in [4.78, 5) is 27.1. The molecule has 1 aliphatic rings. The van der Waals surface area contributed by atoms with Crippen molar-refractivity contribution in [3.8, 4) is 0 Å². The normalized spacial score (nSPS) is 16.2. The Morgan fingerprint density at radius 3 is 2.55 bits per heavy atom. The van der Waals surface area contributed by atoms with Gasteiger partial charge in [0.15, 0.2) is 0 Å². The molecule has 1 heterocycles. The highest BCUT2D eigenvalue weighted by molar-refractivity contribution is 7.17. The molecule has 4 nitrogen and oxygen atoms in total. The summed E-state index contributed by atoms with van der Waals surface area (Å²) >= 11 is 1.58. The Kier molecular flexibility index (Phi) is 6.47. The Morgan fingerprint density at radius 1 is 1.17 bits per heavy atom. The summed E-state index contributed by atoms with van der Waals surface area (Å²) in [7, 11) is 0. The lowest BCUT2D eigenvalue weighted by molar-refractivity contribution is 0.0953. The summed E-state index contributed by atoms with van der Waals surface area (Å²) in [5.41, 5.74) is 3.61. The molecule has 2 amide bonds. The predicted octanol–water partition coefficient (Wildman–Crippen LogP) is 5.60. The number of benzene rings is 1. The van der Waals surface area contributed by atoms with Gasteiger partial charge in [0.25, 0.3) is 11.8 Å². The second-order valence-corrected chi connectivity index (χ2v) is 10.1. The molecule has 1 atom stereocenters. The highest BCUT2D eigenvalue weighted by atomic mass is 32.1. The monoisotopic (exact) mass is 412 g/mol. The number of aryl methyl sites for hydroxylation is 1. The van der Waals surface area contributed by atoms with Gasteiger partial charge in [-0.05, 0) is 61.1 Å². The Hall–Kier alpha value is -2.14. The molecule has 0 radical (unpaired) electrons. The maximum Gasteiger partial charge on any atom is 0.256 e. The molecule has 0 aliphatic heterocycles. The van der Waals surface area contributed by atoms with Crippen LogP contribution in [-0.2, 0) is 12.8 Å². The van der Waals surface area contributed by atoms with Crippen molar-refractivity contribution in [3.05, 3.63) is 51.4 Å². The molecule has 5 heteroatoms. The summed E-state index contributed by atoms with van der Waals surface area (Å²) in [5.74, 6) is 0.359. The van der Waals surface area contributed by atoms with E-state index in [1.54, 1.807) is 11.3 Å². The predicted molar refractivity (Wildman–Crippen MR) is 121 cm³/mol. The third-order valence-corrected chi connectivity index (χ3v) is 7.04. The van der Waals surface area contributed by atoms with E-state index in [1.807, 2.05) is 38.1 Å². The topological polar surface area (TPSA) is 58.2 Å². The lowest BCUT2D eigenvalue weighted by Crippen LogP contribution is -2.29.